The van der Waals surface area contributed by atoms with Gasteiger partial charge in [-0.1, -0.05) is 31.5 Å². The van der Waals surface area contributed by atoms with Crippen molar-refractivity contribution < 1.29 is 33.6 Å². The van der Waals surface area contributed by atoms with Gasteiger partial charge in [-0.05, 0) is 82.1 Å². The number of hydrogen-bond acceptors (Lipinski definition) is 8. The van der Waals surface area contributed by atoms with Crippen molar-refractivity contribution >= 4 is 11.9 Å². The molecule has 3 atom stereocenters. The summed E-state index contributed by atoms with van der Waals surface area (Å²) < 4.78 is 22.4. The Labute approximate surface area is 261 Å². The number of carboxylic acid groups (broad SMARTS) is 1. The Morgan fingerprint density at radius 2 is 1.73 bits per heavy atom. The van der Waals surface area contributed by atoms with Gasteiger partial charge < -0.3 is 33.9 Å². The Morgan fingerprint density at radius 1 is 1.00 bits per heavy atom. The van der Waals surface area contributed by atoms with E-state index in [0.29, 0.717) is 49.7 Å². The fraction of sp³-hybridized carbons (Fsp3) is 0.588. The Bertz CT molecular complexity index is 1250. The van der Waals surface area contributed by atoms with E-state index in [4.69, 9.17) is 18.9 Å². The van der Waals surface area contributed by atoms with Crippen molar-refractivity contribution in [2.24, 2.45) is 5.92 Å². The molecule has 10 nitrogen and oxygen atoms in total. The number of carboxylic acids is 1. The topological polar surface area (TPSA) is 101 Å². The Hall–Kier alpha value is -3.50. The number of ether oxygens (including phenoxy) is 4. The minimum atomic E-state index is -0.877. The number of hydrogen-bond donors (Lipinski definition) is 1. The van der Waals surface area contributed by atoms with Gasteiger partial charge in [0.1, 0.15) is 5.75 Å². The molecule has 2 aromatic carbocycles. The van der Waals surface area contributed by atoms with E-state index in [1.54, 1.807) is 14.2 Å². The summed E-state index contributed by atoms with van der Waals surface area (Å²) in [7, 11) is 7.33. The van der Waals surface area contributed by atoms with E-state index in [9.17, 15) is 14.7 Å². The highest BCUT2D eigenvalue weighted by Crippen LogP contribution is 2.47. The standard InChI is InChI=1S/C34H49N3O7/c1-6-7-17-36(18-11-10-16-35(2)3)31(38)22-37-21-26(25-19-29(42-5)33-30(20-25)43-23-44-33)32(34(39)40)27(37)15-14-24-12-8-9-13-28(24)41-4/h8-9,12-13,19-20,26-27,32H,6-7,10-11,14-18,21-23H2,1-5H3,(H,39,40). The Balaban J connectivity index is 1.62. The van der Waals surface area contributed by atoms with Crippen LogP contribution in [0.4, 0.5) is 0 Å². The predicted molar refractivity (Wildman–Crippen MR) is 169 cm³/mol. The maximum atomic E-state index is 13.9. The molecule has 2 aliphatic rings. The van der Waals surface area contributed by atoms with Crippen LogP contribution in [0.25, 0.3) is 0 Å². The quantitative estimate of drug-likeness (QED) is 0.259. The molecule has 1 amide bonds. The molecule has 0 aromatic heterocycles. The summed E-state index contributed by atoms with van der Waals surface area (Å²) in [5, 5.41) is 10.7. The second-order valence-corrected chi connectivity index (χ2v) is 12.0. The molecular weight excluding hydrogens is 562 g/mol. The number of likely N-dealkylation sites (tertiary alicyclic amines) is 1. The third-order valence-corrected chi connectivity index (χ3v) is 8.80. The second-order valence-electron chi connectivity index (χ2n) is 12.0. The average Bonchev–Trinajstić information content (AvgIpc) is 3.63. The maximum absolute atomic E-state index is 13.9. The number of aryl methyl sites for hydroxylation is 1. The largest absolute Gasteiger partial charge is 0.496 e. The van der Waals surface area contributed by atoms with Gasteiger partial charge in [0.25, 0.3) is 0 Å². The van der Waals surface area contributed by atoms with Gasteiger partial charge in [-0.25, -0.2) is 0 Å². The zero-order valence-corrected chi connectivity index (χ0v) is 26.9. The summed E-state index contributed by atoms with van der Waals surface area (Å²) >= 11 is 0. The van der Waals surface area contributed by atoms with Gasteiger partial charge in [0, 0.05) is 31.6 Å². The molecule has 3 unspecified atom stereocenters. The third-order valence-electron chi connectivity index (χ3n) is 8.80. The molecule has 4 rings (SSSR count). The molecule has 242 valence electrons. The highest BCUT2D eigenvalue weighted by Gasteiger charge is 2.47. The van der Waals surface area contributed by atoms with Crippen molar-refractivity contribution in [1.82, 2.24) is 14.7 Å². The number of rotatable bonds is 17. The number of methoxy groups -OCH3 is 2. The molecule has 0 saturated carbocycles. The summed E-state index contributed by atoms with van der Waals surface area (Å²) in [5.74, 6) is 0.455. The van der Waals surface area contributed by atoms with Crippen LogP contribution in [-0.2, 0) is 16.0 Å². The van der Waals surface area contributed by atoms with Crippen LogP contribution in [0.2, 0.25) is 0 Å². The molecule has 0 radical (unpaired) electrons. The second kappa shape index (κ2) is 16.0. The van der Waals surface area contributed by atoms with E-state index in [2.05, 4.69) is 30.8 Å². The lowest BCUT2D eigenvalue weighted by molar-refractivity contribution is -0.143. The molecular formula is C34H49N3O7. The van der Waals surface area contributed by atoms with Crippen LogP contribution in [0.5, 0.6) is 23.0 Å². The molecule has 1 N–H and O–H groups in total. The molecule has 1 saturated heterocycles. The Kier molecular flexibility index (Phi) is 12.1. The first-order valence-corrected chi connectivity index (χ1v) is 15.8. The van der Waals surface area contributed by atoms with Gasteiger partial charge in [-0.2, -0.15) is 0 Å². The third kappa shape index (κ3) is 8.15. The highest BCUT2D eigenvalue weighted by molar-refractivity contribution is 5.79. The van der Waals surface area contributed by atoms with E-state index in [-0.39, 0.29) is 31.2 Å². The number of amides is 1. The monoisotopic (exact) mass is 611 g/mol. The van der Waals surface area contributed by atoms with E-state index in [0.717, 1.165) is 49.1 Å². The van der Waals surface area contributed by atoms with Crippen molar-refractivity contribution in [1.29, 1.82) is 0 Å². The van der Waals surface area contributed by atoms with E-state index in [1.165, 1.54) is 0 Å². The summed E-state index contributed by atoms with van der Waals surface area (Å²) in [6.45, 7) is 5.23. The van der Waals surface area contributed by atoms with Crippen LogP contribution in [0.15, 0.2) is 36.4 Å². The number of carbonyl (C=O) groups is 2. The first-order chi connectivity index (χ1) is 21.3. The normalized spacial score (nSPS) is 19.4. The summed E-state index contributed by atoms with van der Waals surface area (Å²) in [6.07, 6.45) is 5.09. The van der Waals surface area contributed by atoms with Gasteiger partial charge >= 0.3 is 5.97 Å². The number of carbonyl (C=O) groups excluding carboxylic acids is 1. The predicted octanol–water partition coefficient (Wildman–Crippen LogP) is 4.50. The van der Waals surface area contributed by atoms with Crippen molar-refractivity contribution in [3.8, 4) is 23.0 Å². The van der Waals surface area contributed by atoms with Gasteiger partial charge in [-0.3, -0.25) is 14.5 Å². The maximum Gasteiger partial charge on any atom is 0.308 e. The molecule has 2 aromatic rings. The van der Waals surface area contributed by atoms with Crippen molar-refractivity contribution in [2.75, 3.05) is 67.8 Å². The summed E-state index contributed by atoms with van der Waals surface area (Å²) in [6, 6.07) is 11.2. The minimum absolute atomic E-state index is 0.0543. The summed E-state index contributed by atoms with van der Waals surface area (Å²) in [4.78, 5) is 33.1. The number of para-hydroxylation sites is 1. The molecule has 0 spiro atoms. The van der Waals surface area contributed by atoms with Crippen molar-refractivity contribution in [3.63, 3.8) is 0 Å². The zero-order valence-electron chi connectivity index (χ0n) is 26.9. The molecule has 2 aliphatic heterocycles. The number of nitrogens with zero attached hydrogens (tertiary/aromatic N) is 3. The van der Waals surface area contributed by atoms with Gasteiger partial charge in [0.2, 0.25) is 18.4 Å². The van der Waals surface area contributed by atoms with Gasteiger partial charge in [0.05, 0.1) is 26.7 Å². The smallest absolute Gasteiger partial charge is 0.308 e. The fourth-order valence-corrected chi connectivity index (χ4v) is 6.48. The van der Waals surface area contributed by atoms with E-state index < -0.39 is 11.9 Å². The number of benzene rings is 2. The lowest BCUT2D eigenvalue weighted by Crippen LogP contribution is -2.45. The van der Waals surface area contributed by atoms with Crippen LogP contribution in [0.1, 0.15) is 56.1 Å². The van der Waals surface area contributed by atoms with Crippen LogP contribution in [-0.4, -0.2) is 106 Å². The molecule has 0 aliphatic carbocycles. The first kappa shape index (κ1) is 33.4. The lowest BCUT2D eigenvalue weighted by atomic mass is 9.83. The SMILES string of the molecule is CCCCN(CCCCN(C)C)C(=O)CN1CC(c2cc(OC)c3c(c2)OCO3)C(C(=O)O)C1CCc1ccccc1OC. The van der Waals surface area contributed by atoms with Gasteiger partial charge in [-0.15, -0.1) is 0 Å². The van der Waals surface area contributed by atoms with E-state index in [1.807, 2.05) is 41.3 Å². The Morgan fingerprint density at radius 3 is 2.43 bits per heavy atom. The molecule has 44 heavy (non-hydrogen) atoms. The fourth-order valence-electron chi connectivity index (χ4n) is 6.48. The van der Waals surface area contributed by atoms with Crippen LogP contribution >= 0.6 is 0 Å². The summed E-state index contributed by atoms with van der Waals surface area (Å²) in [5.41, 5.74) is 1.83. The average molecular weight is 612 g/mol. The van der Waals surface area contributed by atoms with Crippen LogP contribution in [0, 0.1) is 5.92 Å². The number of unbranched alkanes of at least 4 members (excludes halogenated alkanes) is 2. The van der Waals surface area contributed by atoms with Crippen LogP contribution in [0.3, 0.4) is 0 Å². The highest BCUT2D eigenvalue weighted by atomic mass is 16.7. The minimum Gasteiger partial charge on any atom is -0.496 e. The molecule has 0 bridgehead atoms. The molecule has 2 heterocycles. The van der Waals surface area contributed by atoms with Gasteiger partial charge in [0.15, 0.2) is 11.5 Å². The van der Waals surface area contributed by atoms with E-state index >= 15 is 0 Å². The number of aliphatic carboxylic acids is 1. The molecule has 10 heteroatoms. The van der Waals surface area contributed by atoms with Crippen LogP contribution < -0.4 is 18.9 Å². The van der Waals surface area contributed by atoms with Crippen molar-refractivity contribution in [3.05, 3.63) is 47.5 Å². The van der Waals surface area contributed by atoms with Crippen molar-refractivity contribution in [2.45, 2.75) is 57.4 Å². The zero-order chi connectivity index (χ0) is 31.6. The molecule has 1 fully saturated rings. The first-order valence-electron chi connectivity index (χ1n) is 15.8. The lowest BCUT2D eigenvalue weighted by Gasteiger charge is -2.30. The number of fused-ring (bicyclic) bond motifs is 1.